The maximum absolute atomic E-state index is 13.4. The molecule has 27 heavy (non-hydrogen) atoms. The molecule has 1 aliphatic carbocycles. The third-order valence-electron chi connectivity index (χ3n) is 4.65. The van der Waals surface area contributed by atoms with Gasteiger partial charge in [-0.1, -0.05) is 56.0 Å². The zero-order chi connectivity index (χ0) is 19.6. The molecule has 0 aliphatic heterocycles. The highest BCUT2D eigenvalue weighted by atomic mass is 32.2. The lowest BCUT2D eigenvalue weighted by molar-refractivity contribution is -0.139. The molecule has 2 aromatic rings. The Bertz CT molecular complexity index is 947. The van der Waals surface area contributed by atoms with E-state index >= 15 is 0 Å². The van der Waals surface area contributed by atoms with Gasteiger partial charge >= 0.3 is 5.97 Å². The highest BCUT2D eigenvalue weighted by Gasteiger charge is 2.36. The Morgan fingerprint density at radius 3 is 2.85 bits per heavy atom. The van der Waals surface area contributed by atoms with Crippen molar-refractivity contribution in [2.75, 3.05) is 12.4 Å². The highest BCUT2D eigenvalue weighted by molar-refractivity contribution is 7.99. The summed E-state index contributed by atoms with van der Waals surface area (Å²) in [4.78, 5) is 30.0. The smallest absolute Gasteiger partial charge is 0.316 e. The topological polar surface area (TPSA) is 61.2 Å². The van der Waals surface area contributed by atoms with Crippen LogP contribution >= 0.6 is 11.8 Å². The van der Waals surface area contributed by atoms with Crippen molar-refractivity contribution in [1.82, 2.24) is 9.55 Å². The van der Waals surface area contributed by atoms with Crippen LogP contribution in [0.4, 0.5) is 0 Å². The second-order valence-corrected chi connectivity index (χ2v) is 8.08. The molecule has 0 spiro atoms. The summed E-state index contributed by atoms with van der Waals surface area (Å²) in [6.07, 6.45) is 2.46. The zero-order valence-electron chi connectivity index (χ0n) is 15.9. The van der Waals surface area contributed by atoms with Crippen LogP contribution in [0.25, 0.3) is 11.3 Å². The number of hydrogen-bond donors (Lipinski definition) is 0. The molecule has 0 radical (unpaired) electrons. The fourth-order valence-corrected chi connectivity index (χ4v) is 4.34. The van der Waals surface area contributed by atoms with Gasteiger partial charge in [0, 0.05) is 23.1 Å². The highest BCUT2D eigenvalue weighted by Crippen LogP contribution is 2.40. The molecule has 0 amide bonds. The molecular weight excluding hydrogens is 360 g/mol. The van der Waals surface area contributed by atoms with Gasteiger partial charge < -0.3 is 4.74 Å². The molecule has 1 aromatic heterocycles. The van der Waals surface area contributed by atoms with Gasteiger partial charge in [-0.2, -0.15) is 0 Å². The first kappa shape index (κ1) is 19.4. The lowest BCUT2D eigenvalue weighted by Gasteiger charge is -2.33. The number of hydrogen-bond acceptors (Lipinski definition) is 5. The lowest BCUT2D eigenvalue weighted by atomic mass is 9.72. The Balaban J connectivity index is 2.17. The molecule has 1 aromatic carbocycles. The fraction of sp³-hybridized carbons (Fsp3) is 0.381. The van der Waals surface area contributed by atoms with Crippen LogP contribution in [0.1, 0.15) is 31.9 Å². The second kappa shape index (κ2) is 7.72. The number of nitrogens with zero attached hydrogens (tertiary/aromatic N) is 2. The Labute approximate surface area is 163 Å². The van der Waals surface area contributed by atoms with Crippen molar-refractivity contribution in [2.45, 2.75) is 44.3 Å². The molecule has 0 unspecified atom stereocenters. The van der Waals surface area contributed by atoms with Gasteiger partial charge in [0.05, 0.1) is 18.1 Å². The van der Waals surface area contributed by atoms with E-state index in [-0.39, 0.29) is 22.7 Å². The number of rotatable bonds is 6. The Kier molecular flexibility index (Phi) is 5.56. The van der Waals surface area contributed by atoms with E-state index in [0.717, 1.165) is 23.2 Å². The maximum atomic E-state index is 13.4. The Morgan fingerprint density at radius 2 is 2.15 bits per heavy atom. The zero-order valence-corrected chi connectivity index (χ0v) is 16.8. The molecule has 0 atom stereocenters. The second-order valence-electron chi connectivity index (χ2n) is 7.13. The van der Waals surface area contributed by atoms with Crippen LogP contribution in [0, 0.1) is 0 Å². The summed E-state index contributed by atoms with van der Waals surface area (Å²) in [5.74, 6) is -0.207. The summed E-state index contributed by atoms with van der Waals surface area (Å²) in [6.45, 7) is 10.4. The van der Waals surface area contributed by atoms with E-state index in [4.69, 9.17) is 9.72 Å². The van der Waals surface area contributed by atoms with Crippen LogP contribution in [-0.2, 0) is 27.9 Å². The van der Waals surface area contributed by atoms with Crippen molar-refractivity contribution in [3.8, 4) is 11.3 Å². The molecule has 1 heterocycles. The summed E-state index contributed by atoms with van der Waals surface area (Å²) in [5.41, 5.74) is 3.24. The Morgan fingerprint density at radius 1 is 1.41 bits per heavy atom. The monoisotopic (exact) mass is 384 g/mol. The minimum atomic E-state index is -0.319. The van der Waals surface area contributed by atoms with Crippen LogP contribution < -0.4 is 5.56 Å². The van der Waals surface area contributed by atoms with Crippen LogP contribution in [0.2, 0.25) is 0 Å². The van der Waals surface area contributed by atoms with Gasteiger partial charge in [0.25, 0.3) is 5.56 Å². The number of esters is 1. The first-order chi connectivity index (χ1) is 12.9. The number of allylic oxidation sites excluding steroid dienone is 1. The van der Waals surface area contributed by atoms with Gasteiger partial charge in [0.2, 0.25) is 0 Å². The normalized spacial score (nSPS) is 14.2. The lowest BCUT2D eigenvalue weighted by Crippen LogP contribution is -2.38. The number of thioether (sulfide) groups is 1. The fourth-order valence-electron chi connectivity index (χ4n) is 3.54. The number of carbonyl (C=O) groups is 1. The van der Waals surface area contributed by atoms with E-state index < -0.39 is 0 Å². The van der Waals surface area contributed by atoms with E-state index in [9.17, 15) is 9.59 Å². The minimum Gasteiger partial charge on any atom is -0.465 e. The first-order valence-electron chi connectivity index (χ1n) is 9.02. The summed E-state index contributed by atoms with van der Waals surface area (Å²) >= 11 is 1.23. The molecule has 0 fully saturated rings. The van der Waals surface area contributed by atoms with Crippen molar-refractivity contribution < 1.29 is 9.53 Å². The van der Waals surface area contributed by atoms with E-state index in [1.807, 2.05) is 18.2 Å². The van der Waals surface area contributed by atoms with E-state index in [1.54, 1.807) is 17.6 Å². The minimum absolute atomic E-state index is 0.0641. The molecule has 0 bridgehead atoms. The molecule has 0 saturated carbocycles. The molecule has 142 valence electrons. The molecule has 6 heteroatoms. The van der Waals surface area contributed by atoms with Crippen molar-refractivity contribution in [3.63, 3.8) is 0 Å². The van der Waals surface area contributed by atoms with Gasteiger partial charge in [0.1, 0.15) is 0 Å². The Hall–Kier alpha value is -2.34. The number of fused-ring (bicyclic) bond motifs is 3. The summed E-state index contributed by atoms with van der Waals surface area (Å²) in [6, 6.07) is 8.06. The molecule has 3 rings (SSSR count). The SMILES string of the molecule is C=CCn1c(SCC(=O)OCC)nc2c(c1=O)C(C)(C)Cc1ccccc1-2. The van der Waals surface area contributed by atoms with Crippen molar-refractivity contribution in [2.24, 2.45) is 0 Å². The number of ether oxygens (including phenoxy) is 1. The largest absolute Gasteiger partial charge is 0.465 e. The molecular formula is C21H24N2O3S. The first-order valence-corrected chi connectivity index (χ1v) is 10.0. The van der Waals surface area contributed by atoms with E-state index in [2.05, 4.69) is 26.5 Å². The molecule has 1 aliphatic rings. The van der Waals surface area contributed by atoms with E-state index in [1.165, 1.54) is 17.3 Å². The number of carbonyl (C=O) groups excluding carboxylic acids is 1. The summed E-state index contributed by atoms with van der Waals surface area (Å²) in [5, 5.41) is 0.513. The van der Waals surface area contributed by atoms with Crippen LogP contribution in [0.15, 0.2) is 46.9 Å². The van der Waals surface area contributed by atoms with Crippen LogP contribution in [-0.4, -0.2) is 27.9 Å². The van der Waals surface area contributed by atoms with E-state index in [0.29, 0.717) is 18.3 Å². The van der Waals surface area contributed by atoms with Crippen LogP contribution in [0.3, 0.4) is 0 Å². The van der Waals surface area contributed by atoms with Gasteiger partial charge in [-0.3, -0.25) is 14.2 Å². The molecule has 5 nitrogen and oxygen atoms in total. The average molecular weight is 385 g/mol. The predicted octanol–water partition coefficient (Wildman–Crippen LogP) is 3.59. The number of benzene rings is 1. The standard InChI is InChI=1S/C21H24N2O3S/c1-5-11-23-19(25)17-18(22-20(23)27-13-16(24)26-6-2)15-10-8-7-9-14(15)12-21(17,3)4/h5,7-10H,1,6,11-13H2,2-4H3. The third-order valence-corrected chi connectivity index (χ3v) is 5.60. The summed E-state index contributed by atoms with van der Waals surface area (Å²) < 4.78 is 6.60. The van der Waals surface area contributed by atoms with Gasteiger partial charge in [0.15, 0.2) is 5.16 Å². The average Bonchev–Trinajstić information content (AvgIpc) is 2.62. The quantitative estimate of drug-likeness (QED) is 0.330. The maximum Gasteiger partial charge on any atom is 0.316 e. The van der Waals surface area contributed by atoms with Gasteiger partial charge in [-0.15, -0.1) is 6.58 Å². The van der Waals surface area contributed by atoms with Crippen molar-refractivity contribution in [3.05, 3.63) is 58.4 Å². The van der Waals surface area contributed by atoms with Crippen molar-refractivity contribution >= 4 is 17.7 Å². The molecule has 0 saturated heterocycles. The van der Waals surface area contributed by atoms with Gasteiger partial charge in [-0.05, 0) is 18.9 Å². The van der Waals surface area contributed by atoms with Crippen LogP contribution in [0.5, 0.6) is 0 Å². The predicted molar refractivity (Wildman–Crippen MR) is 108 cm³/mol. The van der Waals surface area contributed by atoms with Gasteiger partial charge in [-0.25, -0.2) is 4.98 Å². The summed E-state index contributed by atoms with van der Waals surface area (Å²) in [7, 11) is 0. The third kappa shape index (κ3) is 3.72. The number of aromatic nitrogens is 2. The molecule has 0 N–H and O–H groups in total. The van der Waals surface area contributed by atoms with Crippen molar-refractivity contribution in [1.29, 1.82) is 0 Å².